The largest absolute Gasteiger partial charge is 0.475 e. The van der Waals surface area contributed by atoms with Gasteiger partial charge < -0.3 is 18.9 Å². The molecule has 2 aromatic carbocycles. The molecule has 146 valence electrons. The van der Waals surface area contributed by atoms with Gasteiger partial charge in [-0.15, -0.1) is 0 Å². The normalized spacial score (nSPS) is 17.0. The third-order valence-electron chi connectivity index (χ3n) is 5.52. The van der Waals surface area contributed by atoms with E-state index in [2.05, 4.69) is 0 Å². The van der Waals surface area contributed by atoms with E-state index < -0.39 is 18.0 Å². The van der Waals surface area contributed by atoms with E-state index in [1.165, 1.54) is 12.0 Å². The summed E-state index contributed by atoms with van der Waals surface area (Å²) in [5, 5.41) is 0.539. The number of hydrogen-bond donors (Lipinski definition) is 0. The van der Waals surface area contributed by atoms with Gasteiger partial charge in [-0.25, -0.2) is 4.79 Å². The van der Waals surface area contributed by atoms with E-state index >= 15 is 0 Å². The van der Waals surface area contributed by atoms with E-state index in [-0.39, 0.29) is 17.5 Å². The summed E-state index contributed by atoms with van der Waals surface area (Å²) in [6.07, 6.45) is 1.51. The number of aryl methyl sites for hydroxylation is 2. The molecule has 5 rings (SSSR count). The summed E-state index contributed by atoms with van der Waals surface area (Å²) < 4.78 is 12.5. The van der Waals surface area contributed by atoms with Crippen LogP contribution in [0, 0.1) is 0 Å². The highest BCUT2D eigenvalue weighted by atomic mass is 16.6. The number of anilines is 1. The number of esters is 1. The van der Waals surface area contributed by atoms with Crippen molar-refractivity contribution in [1.29, 1.82) is 0 Å². The average molecular weight is 390 g/mol. The first-order valence-electron chi connectivity index (χ1n) is 9.39. The predicted molar refractivity (Wildman–Crippen MR) is 106 cm³/mol. The maximum Gasteiger partial charge on any atom is 0.348 e. The fourth-order valence-electron chi connectivity index (χ4n) is 4.14. The molecule has 0 spiro atoms. The van der Waals surface area contributed by atoms with Crippen LogP contribution >= 0.6 is 0 Å². The molecule has 0 fully saturated rings. The zero-order valence-corrected chi connectivity index (χ0v) is 15.8. The lowest BCUT2D eigenvalue weighted by molar-refractivity contribution is -0.148. The van der Waals surface area contributed by atoms with Crippen LogP contribution in [-0.4, -0.2) is 36.2 Å². The number of carbonyl (C=O) groups excluding carboxylic acids is 2. The minimum absolute atomic E-state index is 0.0277. The molecule has 3 aromatic rings. The van der Waals surface area contributed by atoms with Crippen molar-refractivity contribution in [2.24, 2.45) is 0 Å². The molecular formula is C22H18N2O5. The van der Waals surface area contributed by atoms with Crippen LogP contribution in [0.4, 0.5) is 5.69 Å². The summed E-state index contributed by atoms with van der Waals surface area (Å²) in [6, 6.07) is 12.6. The van der Waals surface area contributed by atoms with Crippen LogP contribution in [0.15, 0.2) is 53.5 Å². The molecule has 0 saturated heterocycles. The number of para-hydroxylation sites is 3. The fourth-order valence-corrected chi connectivity index (χ4v) is 4.14. The van der Waals surface area contributed by atoms with Gasteiger partial charge >= 0.3 is 5.97 Å². The molecule has 0 saturated carbocycles. The molecule has 2 aliphatic heterocycles. The van der Waals surface area contributed by atoms with E-state index in [1.54, 1.807) is 36.5 Å². The highest BCUT2D eigenvalue weighted by molar-refractivity contribution is 6.09. The number of aromatic nitrogens is 1. The summed E-state index contributed by atoms with van der Waals surface area (Å²) in [5.41, 5.74) is 2.30. The first kappa shape index (κ1) is 17.5. The van der Waals surface area contributed by atoms with Crippen LogP contribution in [-0.2, 0) is 22.5 Å². The van der Waals surface area contributed by atoms with Crippen LogP contribution in [0.25, 0.3) is 10.9 Å². The molecular weight excluding hydrogens is 372 g/mol. The van der Waals surface area contributed by atoms with Gasteiger partial charge in [0.25, 0.3) is 5.91 Å². The van der Waals surface area contributed by atoms with Crippen molar-refractivity contribution in [2.45, 2.75) is 19.1 Å². The van der Waals surface area contributed by atoms with E-state index in [4.69, 9.17) is 9.47 Å². The van der Waals surface area contributed by atoms with Gasteiger partial charge in [-0.3, -0.25) is 9.59 Å². The molecule has 3 heterocycles. The predicted octanol–water partition coefficient (Wildman–Crippen LogP) is 2.14. The molecule has 0 N–H and O–H groups in total. The Morgan fingerprint density at radius 1 is 1.14 bits per heavy atom. The van der Waals surface area contributed by atoms with Crippen molar-refractivity contribution < 1.29 is 19.1 Å². The zero-order valence-electron chi connectivity index (χ0n) is 15.8. The molecule has 1 amide bonds. The smallest absolute Gasteiger partial charge is 0.348 e. The lowest BCUT2D eigenvalue weighted by Gasteiger charge is -2.33. The third-order valence-corrected chi connectivity index (χ3v) is 5.52. The second-order valence-corrected chi connectivity index (χ2v) is 7.14. The van der Waals surface area contributed by atoms with E-state index in [0.717, 1.165) is 24.0 Å². The Bertz CT molecular complexity index is 1230. The topological polar surface area (TPSA) is 77.8 Å². The molecule has 7 nitrogen and oxygen atoms in total. The van der Waals surface area contributed by atoms with Crippen molar-refractivity contribution in [3.05, 3.63) is 70.0 Å². The van der Waals surface area contributed by atoms with Gasteiger partial charge in [0.05, 0.1) is 24.9 Å². The lowest BCUT2D eigenvalue weighted by atomic mass is 10.1. The Morgan fingerprint density at radius 2 is 1.97 bits per heavy atom. The van der Waals surface area contributed by atoms with Crippen molar-refractivity contribution in [2.75, 3.05) is 18.6 Å². The van der Waals surface area contributed by atoms with Crippen LogP contribution in [0.2, 0.25) is 0 Å². The molecule has 0 radical (unpaired) electrons. The number of fused-ring (bicyclic) bond motifs is 1. The van der Waals surface area contributed by atoms with E-state index in [1.807, 2.05) is 16.7 Å². The van der Waals surface area contributed by atoms with Crippen LogP contribution < -0.4 is 15.1 Å². The van der Waals surface area contributed by atoms with E-state index in [9.17, 15) is 14.4 Å². The van der Waals surface area contributed by atoms with Crippen LogP contribution in [0.5, 0.6) is 5.75 Å². The SMILES string of the molecule is COC(=O)[C@@H]1CN(C(=O)c2cn3c4c(cccc4c2=O)CC3)c2ccccc2O1. The first-order chi connectivity index (χ1) is 14.1. The number of benzene rings is 2. The second-order valence-electron chi connectivity index (χ2n) is 7.14. The monoisotopic (exact) mass is 390 g/mol. The van der Waals surface area contributed by atoms with Gasteiger partial charge in [-0.1, -0.05) is 24.3 Å². The van der Waals surface area contributed by atoms with Crippen LogP contribution in [0.1, 0.15) is 15.9 Å². The number of amides is 1. The van der Waals surface area contributed by atoms with Crippen molar-refractivity contribution in [1.82, 2.24) is 4.57 Å². The number of ether oxygens (including phenoxy) is 2. The Kier molecular flexibility index (Phi) is 3.91. The molecule has 0 bridgehead atoms. The molecule has 1 atom stereocenters. The van der Waals surface area contributed by atoms with Gasteiger partial charge in [-0.2, -0.15) is 0 Å². The molecule has 2 aliphatic rings. The number of carbonyl (C=O) groups is 2. The van der Waals surface area contributed by atoms with Crippen molar-refractivity contribution >= 4 is 28.5 Å². The summed E-state index contributed by atoms with van der Waals surface area (Å²) in [6.45, 7) is 0.695. The summed E-state index contributed by atoms with van der Waals surface area (Å²) >= 11 is 0. The van der Waals surface area contributed by atoms with Gasteiger partial charge in [0.15, 0.2) is 0 Å². The molecule has 7 heteroatoms. The minimum Gasteiger partial charge on any atom is -0.475 e. The number of rotatable bonds is 2. The van der Waals surface area contributed by atoms with Crippen LogP contribution in [0.3, 0.4) is 0 Å². The number of hydrogen-bond acceptors (Lipinski definition) is 5. The molecule has 1 aromatic heterocycles. The highest BCUT2D eigenvalue weighted by Crippen LogP contribution is 2.34. The molecule has 0 unspecified atom stereocenters. The van der Waals surface area contributed by atoms with Gasteiger partial charge in [-0.05, 0) is 30.2 Å². The Morgan fingerprint density at radius 3 is 2.79 bits per heavy atom. The Balaban J connectivity index is 1.63. The number of nitrogens with zero attached hydrogens (tertiary/aromatic N) is 2. The molecule has 0 aliphatic carbocycles. The van der Waals surface area contributed by atoms with E-state index in [0.29, 0.717) is 16.8 Å². The average Bonchev–Trinajstić information content (AvgIpc) is 3.18. The first-order valence-corrected chi connectivity index (χ1v) is 9.39. The quantitative estimate of drug-likeness (QED) is 0.627. The van der Waals surface area contributed by atoms with Crippen molar-refractivity contribution in [3.8, 4) is 5.75 Å². The molecule has 29 heavy (non-hydrogen) atoms. The minimum atomic E-state index is -0.955. The number of pyridine rings is 1. The zero-order chi connectivity index (χ0) is 20.1. The highest BCUT2D eigenvalue weighted by Gasteiger charge is 2.36. The Labute approximate surface area is 166 Å². The maximum absolute atomic E-state index is 13.5. The summed E-state index contributed by atoms with van der Waals surface area (Å²) in [4.78, 5) is 40.1. The fraction of sp³-hybridized carbons (Fsp3) is 0.227. The number of methoxy groups -OCH3 is 1. The van der Waals surface area contributed by atoms with Gasteiger partial charge in [0.2, 0.25) is 11.5 Å². The van der Waals surface area contributed by atoms with Gasteiger partial charge in [0, 0.05) is 18.1 Å². The lowest BCUT2D eigenvalue weighted by Crippen LogP contribution is -2.48. The summed E-state index contributed by atoms with van der Waals surface area (Å²) in [7, 11) is 1.27. The van der Waals surface area contributed by atoms with Crippen molar-refractivity contribution in [3.63, 3.8) is 0 Å². The second kappa shape index (κ2) is 6.48. The van der Waals surface area contributed by atoms with Gasteiger partial charge in [0.1, 0.15) is 11.3 Å². The summed E-state index contributed by atoms with van der Waals surface area (Å²) in [5.74, 6) is -0.631. The Hall–Kier alpha value is -3.61. The standard InChI is InChI=1S/C22H18N2O5/c1-28-22(27)18-12-24(16-7-2-3-8-17(16)29-18)21(26)15-11-23-10-9-13-5-4-6-14(19(13)23)20(15)25/h2-8,11,18H,9-10,12H2,1H3/t18-/m0/s1. The maximum atomic E-state index is 13.5. The third kappa shape index (κ3) is 2.61.